The molecular formula is C19H30N2O2. The van der Waals surface area contributed by atoms with Crippen LogP contribution in [0.5, 0.6) is 5.75 Å². The van der Waals surface area contributed by atoms with E-state index in [0.29, 0.717) is 6.04 Å². The van der Waals surface area contributed by atoms with Gasteiger partial charge in [-0.1, -0.05) is 31.0 Å². The van der Waals surface area contributed by atoms with Crippen molar-refractivity contribution in [3.63, 3.8) is 0 Å². The predicted octanol–water partition coefficient (Wildman–Crippen LogP) is 2.51. The minimum Gasteiger partial charge on any atom is -0.496 e. The van der Waals surface area contributed by atoms with E-state index >= 15 is 0 Å². The quantitative estimate of drug-likeness (QED) is 0.874. The molecule has 1 atom stereocenters. The van der Waals surface area contributed by atoms with Crippen LogP contribution in [0.4, 0.5) is 0 Å². The highest BCUT2D eigenvalue weighted by molar-refractivity contribution is 5.33. The smallest absolute Gasteiger partial charge is 0.123 e. The van der Waals surface area contributed by atoms with E-state index in [1.807, 2.05) is 12.1 Å². The number of nitrogens with zero attached hydrogens (tertiary/aromatic N) is 2. The van der Waals surface area contributed by atoms with Gasteiger partial charge < -0.3 is 9.84 Å². The fraction of sp³-hybridized carbons (Fsp3) is 0.684. The summed E-state index contributed by atoms with van der Waals surface area (Å²) in [5, 5.41) is 9.47. The summed E-state index contributed by atoms with van der Waals surface area (Å²) in [5.41, 5.74) is 1.26. The first kappa shape index (κ1) is 16.7. The molecule has 128 valence electrons. The Balaban J connectivity index is 1.64. The lowest BCUT2D eigenvalue weighted by Crippen LogP contribution is -2.56. The van der Waals surface area contributed by atoms with Crippen LogP contribution in [0, 0.1) is 0 Å². The molecule has 0 aromatic heterocycles. The molecule has 1 aromatic rings. The Morgan fingerprint density at radius 2 is 1.96 bits per heavy atom. The highest BCUT2D eigenvalue weighted by Crippen LogP contribution is 2.29. The molecule has 1 aromatic carbocycles. The second kappa shape index (κ2) is 8.13. The normalized spacial score (nSPS) is 24.2. The second-order valence-electron chi connectivity index (χ2n) is 6.89. The summed E-state index contributed by atoms with van der Waals surface area (Å²) in [4.78, 5) is 5.20. The Kier molecular flexibility index (Phi) is 5.92. The number of aliphatic hydroxyl groups is 1. The van der Waals surface area contributed by atoms with Crippen LogP contribution in [-0.4, -0.2) is 60.3 Å². The number of piperazine rings is 1. The fourth-order valence-electron chi connectivity index (χ4n) is 4.27. The number of hydrogen-bond donors (Lipinski definition) is 1. The predicted molar refractivity (Wildman–Crippen MR) is 92.7 cm³/mol. The highest BCUT2D eigenvalue weighted by Gasteiger charge is 2.33. The summed E-state index contributed by atoms with van der Waals surface area (Å²) in [6.45, 7) is 4.51. The molecule has 4 nitrogen and oxygen atoms in total. The molecule has 1 N–H and O–H groups in total. The minimum atomic E-state index is 0.288. The first-order valence-electron chi connectivity index (χ1n) is 9.02. The molecule has 0 unspecified atom stereocenters. The molecule has 1 aliphatic carbocycles. The van der Waals surface area contributed by atoms with Crippen molar-refractivity contribution < 1.29 is 9.84 Å². The van der Waals surface area contributed by atoms with E-state index in [4.69, 9.17) is 4.74 Å². The van der Waals surface area contributed by atoms with Crippen molar-refractivity contribution in [2.45, 2.75) is 50.7 Å². The molecule has 3 rings (SSSR count). The number of benzene rings is 1. The van der Waals surface area contributed by atoms with Gasteiger partial charge in [-0.05, 0) is 25.3 Å². The largest absolute Gasteiger partial charge is 0.496 e. The molecule has 1 heterocycles. The van der Waals surface area contributed by atoms with Crippen molar-refractivity contribution in [2.24, 2.45) is 0 Å². The zero-order valence-corrected chi connectivity index (χ0v) is 14.3. The summed E-state index contributed by atoms with van der Waals surface area (Å²) in [7, 11) is 1.74. The molecule has 0 bridgehead atoms. The van der Waals surface area contributed by atoms with Crippen molar-refractivity contribution >= 4 is 0 Å². The molecule has 2 fully saturated rings. The van der Waals surface area contributed by atoms with E-state index < -0.39 is 0 Å². The molecular weight excluding hydrogens is 288 g/mol. The third-order valence-corrected chi connectivity index (χ3v) is 5.45. The average molecular weight is 318 g/mol. The Morgan fingerprint density at radius 1 is 1.17 bits per heavy atom. The maximum absolute atomic E-state index is 9.47. The van der Waals surface area contributed by atoms with Gasteiger partial charge in [-0.2, -0.15) is 0 Å². The molecule has 0 radical (unpaired) electrons. The standard InChI is InChI=1S/C19H30N2O2/c1-23-19-9-5-2-6-16(19)14-20-11-12-21(17-7-3-4-8-17)18(15-20)10-13-22/h2,5-6,9,17-18,22H,3-4,7-8,10-15H2,1H3/t18-/m0/s1. The summed E-state index contributed by atoms with van der Waals surface area (Å²) in [6.07, 6.45) is 6.32. The van der Waals surface area contributed by atoms with Crippen LogP contribution in [0.2, 0.25) is 0 Å². The van der Waals surface area contributed by atoms with Crippen LogP contribution < -0.4 is 4.74 Å². The van der Waals surface area contributed by atoms with E-state index in [0.717, 1.165) is 44.4 Å². The van der Waals surface area contributed by atoms with Crippen LogP contribution in [0.3, 0.4) is 0 Å². The zero-order valence-electron chi connectivity index (χ0n) is 14.3. The van der Waals surface area contributed by atoms with Gasteiger partial charge in [-0.25, -0.2) is 0 Å². The van der Waals surface area contributed by atoms with Crippen molar-refractivity contribution in [3.05, 3.63) is 29.8 Å². The molecule has 0 spiro atoms. The van der Waals surface area contributed by atoms with Gasteiger partial charge in [0.05, 0.1) is 7.11 Å². The van der Waals surface area contributed by atoms with Crippen molar-refractivity contribution in [2.75, 3.05) is 33.4 Å². The Labute approximate surface area is 140 Å². The lowest BCUT2D eigenvalue weighted by Gasteiger charge is -2.44. The Bertz CT molecular complexity index is 488. The van der Waals surface area contributed by atoms with Crippen molar-refractivity contribution in [1.29, 1.82) is 0 Å². The highest BCUT2D eigenvalue weighted by atomic mass is 16.5. The number of methoxy groups -OCH3 is 1. The fourth-order valence-corrected chi connectivity index (χ4v) is 4.27. The third-order valence-electron chi connectivity index (χ3n) is 5.45. The van der Waals surface area contributed by atoms with Gasteiger partial charge in [0.15, 0.2) is 0 Å². The molecule has 1 saturated heterocycles. The number of ether oxygens (including phenoxy) is 1. The second-order valence-corrected chi connectivity index (χ2v) is 6.89. The van der Waals surface area contributed by atoms with Crippen molar-refractivity contribution in [1.82, 2.24) is 9.80 Å². The topological polar surface area (TPSA) is 35.9 Å². The van der Waals surface area contributed by atoms with Crippen LogP contribution in [0.1, 0.15) is 37.7 Å². The summed E-state index contributed by atoms with van der Waals surface area (Å²) >= 11 is 0. The zero-order chi connectivity index (χ0) is 16.1. The van der Waals surface area contributed by atoms with Crippen molar-refractivity contribution in [3.8, 4) is 5.75 Å². The van der Waals surface area contributed by atoms with E-state index in [1.54, 1.807) is 7.11 Å². The average Bonchev–Trinajstić information content (AvgIpc) is 3.10. The molecule has 1 saturated carbocycles. The van der Waals surface area contributed by atoms with E-state index in [9.17, 15) is 5.11 Å². The van der Waals surface area contributed by atoms with Crippen LogP contribution in [-0.2, 0) is 6.54 Å². The molecule has 0 amide bonds. The SMILES string of the molecule is COc1ccccc1CN1CCN(C2CCCC2)[C@@H](CCO)C1. The lowest BCUT2D eigenvalue weighted by molar-refractivity contribution is 0.0265. The van der Waals surface area contributed by atoms with Gasteiger partial charge in [-0.15, -0.1) is 0 Å². The number of rotatable bonds is 6. The van der Waals surface area contributed by atoms with Gasteiger partial charge in [-0.3, -0.25) is 9.80 Å². The maximum atomic E-state index is 9.47. The maximum Gasteiger partial charge on any atom is 0.123 e. The van der Waals surface area contributed by atoms with Crippen LogP contribution in [0.15, 0.2) is 24.3 Å². The molecule has 1 aliphatic heterocycles. The summed E-state index contributed by atoms with van der Waals surface area (Å²) < 4.78 is 5.49. The van der Waals surface area contributed by atoms with E-state index in [1.165, 1.54) is 31.2 Å². The molecule has 23 heavy (non-hydrogen) atoms. The first-order chi connectivity index (χ1) is 11.3. The summed E-state index contributed by atoms with van der Waals surface area (Å²) in [6, 6.07) is 9.54. The third kappa shape index (κ3) is 4.06. The first-order valence-corrected chi connectivity index (χ1v) is 9.02. The van der Waals surface area contributed by atoms with E-state index in [2.05, 4.69) is 21.9 Å². The van der Waals surface area contributed by atoms with Gasteiger partial charge in [0.25, 0.3) is 0 Å². The Hall–Kier alpha value is -1.10. The van der Waals surface area contributed by atoms with Gasteiger partial charge in [0.2, 0.25) is 0 Å². The number of hydrogen-bond acceptors (Lipinski definition) is 4. The van der Waals surface area contributed by atoms with E-state index in [-0.39, 0.29) is 6.61 Å². The Morgan fingerprint density at radius 3 is 2.70 bits per heavy atom. The number of para-hydroxylation sites is 1. The number of aliphatic hydroxyl groups excluding tert-OH is 1. The molecule has 2 aliphatic rings. The van der Waals surface area contributed by atoms with Crippen LogP contribution >= 0.6 is 0 Å². The minimum absolute atomic E-state index is 0.288. The van der Waals surface area contributed by atoms with Gasteiger partial charge >= 0.3 is 0 Å². The monoisotopic (exact) mass is 318 g/mol. The van der Waals surface area contributed by atoms with Crippen LogP contribution in [0.25, 0.3) is 0 Å². The lowest BCUT2D eigenvalue weighted by atomic mass is 10.0. The molecule has 4 heteroatoms. The van der Waals surface area contributed by atoms with Gasteiger partial charge in [0, 0.05) is 50.4 Å². The summed E-state index contributed by atoms with van der Waals surface area (Å²) in [5.74, 6) is 0.976. The van der Waals surface area contributed by atoms with Gasteiger partial charge in [0.1, 0.15) is 5.75 Å².